The Labute approximate surface area is 194 Å². The fourth-order valence-electron chi connectivity index (χ4n) is 4.38. The molecule has 0 aliphatic carbocycles. The molecule has 0 bridgehead atoms. The molecule has 0 saturated carbocycles. The molecule has 0 radical (unpaired) electrons. The normalized spacial score (nSPS) is 15.7. The van der Waals surface area contributed by atoms with Crippen LogP contribution in [0.25, 0.3) is 22.2 Å². The molecule has 1 saturated heterocycles. The predicted octanol–water partition coefficient (Wildman–Crippen LogP) is 3.03. The number of nitrogens with one attached hydrogen (secondary N) is 1. The molecule has 4 rings (SSSR count). The number of anilines is 1. The van der Waals surface area contributed by atoms with Gasteiger partial charge in [-0.1, -0.05) is 12.1 Å². The molecule has 2 aromatic heterocycles. The van der Waals surface area contributed by atoms with Crippen LogP contribution in [0.5, 0.6) is 0 Å². The molecule has 0 spiro atoms. The fraction of sp³-hybridized carbons (Fsp3) is 0.458. The predicted molar refractivity (Wildman–Crippen MR) is 131 cm³/mol. The maximum Gasteiger partial charge on any atom is 0.260 e. The average Bonchev–Trinajstić information content (AvgIpc) is 2.79. The zero-order chi connectivity index (χ0) is 23.6. The van der Waals surface area contributed by atoms with E-state index in [1.807, 2.05) is 6.92 Å². The summed E-state index contributed by atoms with van der Waals surface area (Å²) in [5, 5.41) is 4.05. The summed E-state index contributed by atoms with van der Waals surface area (Å²) in [6.45, 7) is 5.44. The zero-order valence-electron chi connectivity index (χ0n) is 19.4. The summed E-state index contributed by atoms with van der Waals surface area (Å²) in [6.07, 6.45) is 6.39. The van der Waals surface area contributed by atoms with E-state index < -0.39 is 9.84 Å². The molecule has 1 fully saturated rings. The Hall–Kier alpha value is -2.78. The molecule has 0 atom stereocenters. The topological polar surface area (TPSA) is 97.2 Å². The van der Waals surface area contributed by atoms with Crippen molar-refractivity contribution in [2.75, 3.05) is 38.3 Å². The number of piperidine rings is 1. The SMILES string of the molecule is CCn1c(=O)c(-c2cccc(S(C)(=O)=O)c2)cc2cnc(NCCC3CCN(C)CC3)nc21. The number of likely N-dealkylation sites (tertiary alicyclic amines) is 1. The number of pyridine rings is 1. The lowest BCUT2D eigenvalue weighted by molar-refractivity contribution is 0.215. The Bertz CT molecular complexity index is 1310. The minimum Gasteiger partial charge on any atom is -0.354 e. The summed E-state index contributed by atoms with van der Waals surface area (Å²) in [7, 11) is -1.21. The highest BCUT2D eigenvalue weighted by molar-refractivity contribution is 7.90. The van der Waals surface area contributed by atoms with E-state index in [4.69, 9.17) is 0 Å². The molecule has 1 aliphatic rings. The van der Waals surface area contributed by atoms with Gasteiger partial charge in [0.2, 0.25) is 5.95 Å². The summed E-state index contributed by atoms with van der Waals surface area (Å²) < 4.78 is 25.5. The number of hydrogen-bond donors (Lipinski definition) is 1. The minimum atomic E-state index is -3.37. The van der Waals surface area contributed by atoms with Gasteiger partial charge in [-0.2, -0.15) is 4.98 Å². The molecular formula is C24H31N5O3S. The lowest BCUT2D eigenvalue weighted by Crippen LogP contribution is -2.31. The number of aryl methyl sites for hydroxylation is 1. The number of rotatable bonds is 7. The standard InChI is InChI=1S/C24H31N5O3S/c1-4-29-22-19(15-21(23(29)30)18-6-5-7-20(14-18)33(3,31)32)16-26-24(27-22)25-11-8-17-9-12-28(2)13-10-17/h5-7,14-17H,4,8-13H2,1-3H3,(H,25,26,27). The van der Waals surface area contributed by atoms with Crippen molar-refractivity contribution in [3.63, 3.8) is 0 Å². The maximum absolute atomic E-state index is 13.3. The molecule has 176 valence electrons. The Morgan fingerprint density at radius 3 is 2.64 bits per heavy atom. The number of hydrogen-bond acceptors (Lipinski definition) is 7. The molecule has 1 aliphatic heterocycles. The van der Waals surface area contributed by atoms with Gasteiger partial charge in [0.15, 0.2) is 9.84 Å². The average molecular weight is 470 g/mol. The third-order valence-electron chi connectivity index (χ3n) is 6.39. The lowest BCUT2D eigenvalue weighted by atomic mass is 9.94. The van der Waals surface area contributed by atoms with Gasteiger partial charge >= 0.3 is 0 Å². The zero-order valence-corrected chi connectivity index (χ0v) is 20.2. The van der Waals surface area contributed by atoms with Crippen LogP contribution in [0.3, 0.4) is 0 Å². The Kier molecular flexibility index (Phi) is 6.81. The van der Waals surface area contributed by atoms with Gasteiger partial charge in [-0.15, -0.1) is 0 Å². The molecule has 3 aromatic rings. The van der Waals surface area contributed by atoms with Crippen molar-refractivity contribution >= 4 is 26.8 Å². The van der Waals surface area contributed by atoms with Crippen molar-refractivity contribution in [3.05, 3.63) is 46.9 Å². The second-order valence-corrected chi connectivity index (χ2v) is 10.9. The fourth-order valence-corrected chi connectivity index (χ4v) is 5.04. The molecular weight excluding hydrogens is 438 g/mol. The van der Waals surface area contributed by atoms with Crippen LogP contribution in [0.2, 0.25) is 0 Å². The number of nitrogens with zero attached hydrogens (tertiary/aromatic N) is 4. The van der Waals surface area contributed by atoms with E-state index in [0.29, 0.717) is 35.2 Å². The molecule has 1 N–H and O–H groups in total. The number of benzene rings is 1. The Morgan fingerprint density at radius 2 is 1.94 bits per heavy atom. The molecule has 8 nitrogen and oxygen atoms in total. The minimum absolute atomic E-state index is 0.183. The van der Waals surface area contributed by atoms with Gasteiger partial charge < -0.3 is 10.2 Å². The highest BCUT2D eigenvalue weighted by atomic mass is 32.2. The molecule has 0 unspecified atom stereocenters. The summed E-state index contributed by atoms with van der Waals surface area (Å²) in [5.41, 5.74) is 1.36. The van der Waals surface area contributed by atoms with Crippen molar-refractivity contribution in [3.8, 4) is 11.1 Å². The third-order valence-corrected chi connectivity index (χ3v) is 7.50. The summed E-state index contributed by atoms with van der Waals surface area (Å²) in [6, 6.07) is 8.21. The van der Waals surface area contributed by atoms with Crippen molar-refractivity contribution < 1.29 is 8.42 Å². The molecule has 0 amide bonds. The summed E-state index contributed by atoms with van der Waals surface area (Å²) >= 11 is 0. The van der Waals surface area contributed by atoms with Crippen molar-refractivity contribution in [2.24, 2.45) is 5.92 Å². The first kappa shape index (κ1) is 23.4. The van der Waals surface area contributed by atoms with Crippen LogP contribution in [0.15, 0.2) is 46.2 Å². The first-order valence-corrected chi connectivity index (χ1v) is 13.3. The van der Waals surface area contributed by atoms with E-state index in [0.717, 1.165) is 37.7 Å². The van der Waals surface area contributed by atoms with E-state index in [9.17, 15) is 13.2 Å². The van der Waals surface area contributed by atoms with Crippen LogP contribution in [0, 0.1) is 5.92 Å². The Morgan fingerprint density at radius 1 is 1.18 bits per heavy atom. The van der Waals surface area contributed by atoms with Gasteiger partial charge in [0.25, 0.3) is 5.56 Å². The Balaban J connectivity index is 1.60. The number of fused-ring (bicyclic) bond motifs is 1. The summed E-state index contributed by atoms with van der Waals surface area (Å²) in [5.74, 6) is 1.23. The quantitative estimate of drug-likeness (QED) is 0.568. The number of aromatic nitrogens is 3. The first-order chi connectivity index (χ1) is 15.8. The highest BCUT2D eigenvalue weighted by Gasteiger charge is 2.17. The van der Waals surface area contributed by atoms with Gasteiger partial charge in [0.1, 0.15) is 5.65 Å². The van der Waals surface area contributed by atoms with Crippen LogP contribution in [0.4, 0.5) is 5.95 Å². The van der Waals surface area contributed by atoms with Crippen LogP contribution in [-0.2, 0) is 16.4 Å². The van der Waals surface area contributed by atoms with Crippen molar-refractivity contribution in [1.29, 1.82) is 0 Å². The van der Waals surface area contributed by atoms with E-state index in [2.05, 4.69) is 27.2 Å². The lowest BCUT2D eigenvalue weighted by Gasteiger charge is -2.28. The van der Waals surface area contributed by atoms with Crippen LogP contribution >= 0.6 is 0 Å². The van der Waals surface area contributed by atoms with Gasteiger partial charge in [0.05, 0.1) is 4.90 Å². The van der Waals surface area contributed by atoms with E-state index in [-0.39, 0.29) is 10.5 Å². The smallest absolute Gasteiger partial charge is 0.260 e. The van der Waals surface area contributed by atoms with E-state index in [1.165, 1.54) is 25.0 Å². The highest BCUT2D eigenvalue weighted by Crippen LogP contribution is 2.24. The molecule has 3 heterocycles. The van der Waals surface area contributed by atoms with Crippen molar-refractivity contribution in [1.82, 2.24) is 19.4 Å². The van der Waals surface area contributed by atoms with Gasteiger partial charge in [0, 0.05) is 36.5 Å². The molecule has 1 aromatic carbocycles. The largest absolute Gasteiger partial charge is 0.354 e. The van der Waals surface area contributed by atoms with Gasteiger partial charge in [-0.05, 0) is 76.0 Å². The van der Waals surface area contributed by atoms with E-state index in [1.54, 1.807) is 29.0 Å². The molecule has 33 heavy (non-hydrogen) atoms. The number of sulfone groups is 1. The second-order valence-electron chi connectivity index (χ2n) is 8.84. The van der Waals surface area contributed by atoms with Crippen molar-refractivity contribution in [2.45, 2.75) is 37.6 Å². The molecule has 9 heteroatoms. The monoisotopic (exact) mass is 469 g/mol. The van der Waals surface area contributed by atoms with Crippen LogP contribution < -0.4 is 10.9 Å². The maximum atomic E-state index is 13.3. The van der Waals surface area contributed by atoms with Gasteiger partial charge in [-0.25, -0.2) is 13.4 Å². The second kappa shape index (κ2) is 9.61. The van der Waals surface area contributed by atoms with Crippen LogP contribution in [-0.4, -0.2) is 60.8 Å². The first-order valence-electron chi connectivity index (χ1n) is 11.4. The van der Waals surface area contributed by atoms with Gasteiger partial charge in [-0.3, -0.25) is 9.36 Å². The summed E-state index contributed by atoms with van der Waals surface area (Å²) in [4.78, 5) is 24.9. The van der Waals surface area contributed by atoms with E-state index >= 15 is 0 Å². The van der Waals surface area contributed by atoms with Crippen LogP contribution in [0.1, 0.15) is 26.2 Å². The third kappa shape index (κ3) is 5.25.